The second-order valence-corrected chi connectivity index (χ2v) is 8.09. The summed E-state index contributed by atoms with van der Waals surface area (Å²) >= 11 is 9.94. The Kier molecular flexibility index (Phi) is 8.52. The number of nitrogens with one attached hydrogen (secondary N) is 1. The Morgan fingerprint density at radius 2 is 1.76 bits per heavy atom. The van der Waals surface area contributed by atoms with E-state index >= 15 is 0 Å². The molecular weight excluding hydrogens is 510 g/mol. The van der Waals surface area contributed by atoms with Crippen molar-refractivity contribution in [2.45, 2.75) is 13.5 Å². The van der Waals surface area contributed by atoms with Crippen LogP contribution in [0, 0.1) is 0 Å². The number of ether oxygens (including phenoxy) is 2. The Morgan fingerprint density at radius 3 is 2.42 bits per heavy atom. The number of carbonyl (C=O) groups is 2. The molecule has 0 unspecified atom stereocenters. The average Bonchev–Trinajstić information content (AvgIpc) is 2.80. The summed E-state index contributed by atoms with van der Waals surface area (Å²) < 4.78 is 12.5. The third kappa shape index (κ3) is 6.60. The molecule has 0 aromatic heterocycles. The molecule has 6 nitrogen and oxygen atoms in total. The van der Waals surface area contributed by atoms with Crippen LogP contribution >= 0.6 is 27.5 Å². The first-order valence-corrected chi connectivity index (χ1v) is 11.2. The maximum atomic E-state index is 12.4. The highest BCUT2D eigenvalue weighted by Crippen LogP contribution is 2.38. The molecular formula is C25H21BrClNO5. The fourth-order valence-electron chi connectivity index (χ4n) is 2.94. The molecule has 0 fully saturated rings. The number of carbonyl (C=O) groups excluding carboxylic acids is 1. The van der Waals surface area contributed by atoms with Gasteiger partial charge in [-0.1, -0.05) is 63.9 Å². The van der Waals surface area contributed by atoms with E-state index in [1.54, 1.807) is 42.5 Å². The van der Waals surface area contributed by atoms with Gasteiger partial charge in [0.05, 0.1) is 11.6 Å². The molecule has 1 amide bonds. The number of aliphatic carboxylic acids is 1. The highest BCUT2D eigenvalue weighted by Gasteiger charge is 2.17. The largest absolute Gasteiger partial charge is 0.490 e. The monoisotopic (exact) mass is 529 g/mol. The van der Waals surface area contributed by atoms with E-state index in [1.807, 2.05) is 31.2 Å². The lowest BCUT2D eigenvalue weighted by Crippen LogP contribution is -2.27. The molecule has 0 radical (unpaired) electrons. The van der Waals surface area contributed by atoms with E-state index in [4.69, 9.17) is 21.1 Å². The van der Waals surface area contributed by atoms with Crippen molar-refractivity contribution in [2.24, 2.45) is 0 Å². The summed E-state index contributed by atoms with van der Waals surface area (Å²) in [4.78, 5) is 24.1. The Labute approximate surface area is 204 Å². The smallest absolute Gasteiger partial charge is 0.352 e. The molecule has 0 aliphatic carbocycles. The van der Waals surface area contributed by atoms with Crippen LogP contribution in [0.3, 0.4) is 0 Å². The molecule has 2 N–H and O–H groups in total. The summed E-state index contributed by atoms with van der Waals surface area (Å²) in [6, 6.07) is 19.1. The fourth-order valence-corrected chi connectivity index (χ4v) is 3.61. The van der Waals surface area contributed by atoms with Gasteiger partial charge in [-0.2, -0.15) is 0 Å². The molecule has 0 saturated heterocycles. The normalized spacial score (nSPS) is 11.1. The van der Waals surface area contributed by atoms with Crippen LogP contribution in [0.25, 0.3) is 6.08 Å². The van der Waals surface area contributed by atoms with E-state index in [2.05, 4.69) is 21.2 Å². The first-order chi connectivity index (χ1) is 15.9. The number of amides is 1. The van der Waals surface area contributed by atoms with Crippen molar-refractivity contribution in [3.05, 3.63) is 98.6 Å². The minimum atomic E-state index is -1.29. The fraction of sp³-hybridized carbons (Fsp3) is 0.120. The van der Waals surface area contributed by atoms with Gasteiger partial charge >= 0.3 is 5.97 Å². The minimum absolute atomic E-state index is 0.248. The number of benzene rings is 3. The third-order valence-corrected chi connectivity index (χ3v) is 5.54. The van der Waals surface area contributed by atoms with Crippen molar-refractivity contribution < 1.29 is 24.2 Å². The Bertz CT molecular complexity index is 1180. The molecule has 0 aliphatic heterocycles. The molecule has 0 saturated carbocycles. The zero-order chi connectivity index (χ0) is 23.8. The van der Waals surface area contributed by atoms with Crippen molar-refractivity contribution in [2.75, 3.05) is 6.61 Å². The summed E-state index contributed by atoms with van der Waals surface area (Å²) in [5, 5.41) is 12.3. The molecule has 33 heavy (non-hydrogen) atoms. The van der Waals surface area contributed by atoms with E-state index in [1.165, 1.54) is 6.08 Å². The van der Waals surface area contributed by atoms with Crippen LogP contribution in [0.1, 0.15) is 28.4 Å². The average molecular weight is 531 g/mol. The molecule has 3 aromatic rings. The number of carboxylic acid groups (broad SMARTS) is 1. The Balaban J connectivity index is 1.88. The highest BCUT2D eigenvalue weighted by molar-refractivity contribution is 9.10. The van der Waals surface area contributed by atoms with Crippen molar-refractivity contribution in [3.63, 3.8) is 0 Å². The lowest BCUT2D eigenvalue weighted by Gasteiger charge is -2.15. The maximum Gasteiger partial charge on any atom is 0.352 e. The maximum absolute atomic E-state index is 12.4. The van der Waals surface area contributed by atoms with Gasteiger partial charge in [-0.25, -0.2) is 4.79 Å². The molecule has 3 rings (SSSR count). The van der Waals surface area contributed by atoms with E-state index in [9.17, 15) is 14.7 Å². The number of hydrogen-bond acceptors (Lipinski definition) is 4. The lowest BCUT2D eigenvalue weighted by molar-refractivity contribution is -0.132. The predicted octanol–water partition coefficient (Wildman–Crippen LogP) is 5.94. The van der Waals surface area contributed by atoms with E-state index in [-0.39, 0.29) is 17.3 Å². The molecule has 0 aliphatic rings. The van der Waals surface area contributed by atoms with Gasteiger partial charge in [0.15, 0.2) is 11.5 Å². The Hall–Kier alpha value is -3.29. The van der Waals surface area contributed by atoms with Gasteiger partial charge in [0.25, 0.3) is 5.91 Å². The van der Waals surface area contributed by atoms with Gasteiger partial charge in [0, 0.05) is 15.6 Å². The van der Waals surface area contributed by atoms with Crippen LogP contribution < -0.4 is 14.8 Å². The second kappa shape index (κ2) is 11.5. The molecule has 170 valence electrons. The topological polar surface area (TPSA) is 84.9 Å². The van der Waals surface area contributed by atoms with Crippen LogP contribution in [0.5, 0.6) is 11.5 Å². The first kappa shape index (κ1) is 24.4. The van der Waals surface area contributed by atoms with Gasteiger partial charge < -0.3 is 19.9 Å². The second-order valence-electron chi connectivity index (χ2n) is 6.83. The van der Waals surface area contributed by atoms with Crippen LogP contribution in [0.4, 0.5) is 0 Å². The highest BCUT2D eigenvalue weighted by atomic mass is 79.9. The van der Waals surface area contributed by atoms with Crippen molar-refractivity contribution >= 4 is 45.5 Å². The van der Waals surface area contributed by atoms with Gasteiger partial charge in [0.1, 0.15) is 12.3 Å². The van der Waals surface area contributed by atoms with Crippen LogP contribution in [-0.2, 0) is 11.4 Å². The van der Waals surface area contributed by atoms with Crippen molar-refractivity contribution in [1.82, 2.24) is 5.32 Å². The minimum Gasteiger partial charge on any atom is -0.490 e. The van der Waals surface area contributed by atoms with Crippen molar-refractivity contribution in [3.8, 4) is 11.5 Å². The molecule has 0 heterocycles. The molecule has 3 aromatic carbocycles. The summed E-state index contributed by atoms with van der Waals surface area (Å²) in [5.41, 5.74) is 1.40. The molecule has 0 spiro atoms. The van der Waals surface area contributed by atoms with Crippen LogP contribution in [0.15, 0.2) is 76.9 Å². The van der Waals surface area contributed by atoms with Crippen LogP contribution in [0.2, 0.25) is 5.02 Å². The van der Waals surface area contributed by atoms with E-state index in [0.29, 0.717) is 29.2 Å². The zero-order valence-corrected chi connectivity index (χ0v) is 20.0. The molecule has 0 atom stereocenters. The number of hydrogen-bond donors (Lipinski definition) is 2. The summed E-state index contributed by atoms with van der Waals surface area (Å²) in [5.74, 6) is -1.12. The summed E-state index contributed by atoms with van der Waals surface area (Å²) in [6.07, 6.45) is 1.31. The van der Waals surface area contributed by atoms with Gasteiger partial charge in [-0.05, 0) is 48.9 Å². The predicted molar refractivity (Wildman–Crippen MR) is 131 cm³/mol. The molecule has 8 heteroatoms. The SMILES string of the molecule is CCOc1cc(C=C(NC(=O)c2ccccc2)C(=O)O)cc(Cl)c1OCc1ccccc1Br. The quantitative estimate of drug-likeness (QED) is 0.335. The molecule has 0 bridgehead atoms. The van der Waals surface area contributed by atoms with E-state index in [0.717, 1.165) is 10.0 Å². The Morgan fingerprint density at radius 1 is 1.06 bits per heavy atom. The standard InChI is InChI=1S/C25H21BrClNO5/c1-2-32-22-14-16(12-20(27)23(22)33-15-18-10-6-7-11-19(18)26)13-21(25(30)31)28-24(29)17-8-4-3-5-9-17/h3-14H,2,15H2,1H3,(H,28,29)(H,30,31). The van der Waals surface area contributed by atoms with E-state index < -0.39 is 11.9 Å². The van der Waals surface area contributed by atoms with Gasteiger partial charge in [-0.15, -0.1) is 0 Å². The number of halogens is 2. The number of carboxylic acids is 1. The number of rotatable bonds is 9. The van der Waals surface area contributed by atoms with Gasteiger partial charge in [-0.3, -0.25) is 4.79 Å². The third-order valence-electron chi connectivity index (χ3n) is 4.49. The van der Waals surface area contributed by atoms with Crippen LogP contribution in [-0.4, -0.2) is 23.6 Å². The zero-order valence-electron chi connectivity index (χ0n) is 17.7. The van der Waals surface area contributed by atoms with Gasteiger partial charge in [0.2, 0.25) is 0 Å². The van der Waals surface area contributed by atoms with Crippen molar-refractivity contribution in [1.29, 1.82) is 0 Å². The summed E-state index contributed by atoms with van der Waals surface area (Å²) in [7, 11) is 0. The summed E-state index contributed by atoms with van der Waals surface area (Å²) in [6.45, 7) is 2.42. The first-order valence-electron chi connectivity index (χ1n) is 10.0. The lowest BCUT2D eigenvalue weighted by atomic mass is 10.1.